The lowest BCUT2D eigenvalue weighted by Gasteiger charge is -2.19. The summed E-state index contributed by atoms with van der Waals surface area (Å²) < 4.78 is 0. The van der Waals surface area contributed by atoms with Gasteiger partial charge in [-0.15, -0.1) is 0 Å². The van der Waals surface area contributed by atoms with E-state index in [-0.39, 0.29) is 11.8 Å². The van der Waals surface area contributed by atoms with Crippen molar-refractivity contribution in [1.82, 2.24) is 5.43 Å². The molecule has 0 aliphatic heterocycles. The molecule has 3 nitrogen and oxygen atoms in total. The van der Waals surface area contributed by atoms with E-state index in [2.05, 4.69) is 5.43 Å². The quantitative estimate of drug-likeness (QED) is 0.326. The van der Waals surface area contributed by atoms with Gasteiger partial charge in [-0.2, -0.15) is 0 Å². The van der Waals surface area contributed by atoms with Crippen LogP contribution in [-0.2, 0) is 4.79 Å². The van der Waals surface area contributed by atoms with Gasteiger partial charge in [-0.05, 0) is 31.1 Å². The summed E-state index contributed by atoms with van der Waals surface area (Å²) in [6.45, 7) is 0. The van der Waals surface area contributed by atoms with Crippen molar-refractivity contribution < 1.29 is 4.79 Å². The standard InChI is InChI=1S/C8H14N2O/c9-10-8(11)7-4-5-1-2-6(7)3-5/h5-7H,1-4,9H2,(H,10,11). The molecule has 2 aliphatic carbocycles. The number of nitrogens with one attached hydrogen (secondary N) is 1. The maximum absolute atomic E-state index is 11.2. The lowest BCUT2D eigenvalue weighted by Crippen LogP contribution is -2.37. The molecule has 2 saturated carbocycles. The molecule has 0 aromatic carbocycles. The van der Waals surface area contributed by atoms with E-state index in [9.17, 15) is 4.79 Å². The van der Waals surface area contributed by atoms with Crippen LogP contribution in [0, 0.1) is 17.8 Å². The number of hydrogen-bond acceptors (Lipinski definition) is 2. The maximum Gasteiger partial charge on any atom is 0.237 e. The Hall–Kier alpha value is -0.570. The van der Waals surface area contributed by atoms with Gasteiger partial charge in [-0.1, -0.05) is 6.42 Å². The van der Waals surface area contributed by atoms with Gasteiger partial charge in [0.05, 0.1) is 0 Å². The minimum atomic E-state index is 0.0530. The summed E-state index contributed by atoms with van der Waals surface area (Å²) in [4.78, 5) is 11.2. The highest BCUT2D eigenvalue weighted by molar-refractivity contribution is 5.78. The van der Waals surface area contributed by atoms with Gasteiger partial charge in [0.2, 0.25) is 5.91 Å². The first kappa shape index (κ1) is 7.10. The first-order chi connectivity index (χ1) is 5.31. The molecular formula is C8H14N2O. The van der Waals surface area contributed by atoms with Crippen molar-refractivity contribution in [2.24, 2.45) is 23.6 Å². The Morgan fingerprint density at radius 2 is 2.18 bits per heavy atom. The van der Waals surface area contributed by atoms with Crippen LogP contribution in [0.2, 0.25) is 0 Å². The van der Waals surface area contributed by atoms with E-state index >= 15 is 0 Å². The van der Waals surface area contributed by atoms with Crippen molar-refractivity contribution in [3.63, 3.8) is 0 Å². The van der Waals surface area contributed by atoms with E-state index in [1.165, 1.54) is 19.3 Å². The molecule has 2 rings (SSSR count). The SMILES string of the molecule is NNC(=O)C1CC2CCC1C2. The Labute approximate surface area is 66.3 Å². The van der Waals surface area contributed by atoms with E-state index in [1.807, 2.05) is 0 Å². The summed E-state index contributed by atoms with van der Waals surface area (Å²) in [5, 5.41) is 0. The molecule has 0 aromatic heterocycles. The number of hydrazine groups is 1. The highest BCUT2D eigenvalue weighted by Crippen LogP contribution is 2.48. The number of carbonyl (C=O) groups is 1. The predicted octanol–water partition coefficient (Wildman–Crippen LogP) is 0.412. The molecule has 0 saturated heterocycles. The van der Waals surface area contributed by atoms with E-state index in [1.54, 1.807) is 0 Å². The minimum Gasteiger partial charge on any atom is -0.294 e. The van der Waals surface area contributed by atoms with Gasteiger partial charge in [0, 0.05) is 5.92 Å². The average Bonchev–Trinajstić information content (AvgIpc) is 2.62. The Morgan fingerprint density at radius 1 is 1.36 bits per heavy atom. The second-order valence-corrected chi connectivity index (χ2v) is 3.79. The fraction of sp³-hybridized carbons (Fsp3) is 0.875. The number of fused-ring (bicyclic) bond motifs is 2. The van der Waals surface area contributed by atoms with Crippen LogP contribution in [-0.4, -0.2) is 5.91 Å². The van der Waals surface area contributed by atoms with E-state index in [0.717, 1.165) is 12.3 Å². The lowest BCUT2D eigenvalue weighted by atomic mass is 9.88. The van der Waals surface area contributed by atoms with E-state index in [0.29, 0.717) is 5.92 Å². The van der Waals surface area contributed by atoms with Crippen molar-refractivity contribution >= 4 is 5.91 Å². The molecular weight excluding hydrogens is 140 g/mol. The van der Waals surface area contributed by atoms with Gasteiger partial charge >= 0.3 is 0 Å². The molecule has 0 radical (unpaired) electrons. The summed E-state index contributed by atoms with van der Waals surface area (Å²) in [5.74, 6) is 6.84. The van der Waals surface area contributed by atoms with Crippen LogP contribution in [0.25, 0.3) is 0 Å². The Kier molecular flexibility index (Phi) is 1.60. The zero-order valence-electron chi connectivity index (χ0n) is 6.55. The highest BCUT2D eigenvalue weighted by atomic mass is 16.2. The molecule has 11 heavy (non-hydrogen) atoms. The third-order valence-electron chi connectivity index (χ3n) is 3.22. The molecule has 2 aliphatic rings. The second kappa shape index (κ2) is 2.48. The normalized spacial score (nSPS) is 41.0. The summed E-state index contributed by atoms with van der Waals surface area (Å²) in [6.07, 6.45) is 4.91. The summed E-state index contributed by atoms with van der Waals surface area (Å²) in [6, 6.07) is 0. The average molecular weight is 154 g/mol. The molecule has 3 heteroatoms. The monoisotopic (exact) mass is 154 g/mol. The van der Waals surface area contributed by atoms with E-state index < -0.39 is 0 Å². The van der Waals surface area contributed by atoms with Gasteiger partial charge in [0.25, 0.3) is 0 Å². The fourth-order valence-electron chi connectivity index (χ4n) is 2.67. The number of hydrogen-bond donors (Lipinski definition) is 2. The second-order valence-electron chi connectivity index (χ2n) is 3.79. The van der Waals surface area contributed by atoms with Crippen molar-refractivity contribution in [3.8, 4) is 0 Å². The van der Waals surface area contributed by atoms with Gasteiger partial charge in [-0.3, -0.25) is 10.2 Å². The van der Waals surface area contributed by atoms with Gasteiger partial charge in [-0.25, -0.2) is 5.84 Å². The third-order valence-corrected chi connectivity index (χ3v) is 3.22. The van der Waals surface area contributed by atoms with Gasteiger partial charge in [0.15, 0.2) is 0 Å². The highest BCUT2D eigenvalue weighted by Gasteiger charge is 2.42. The third kappa shape index (κ3) is 1.03. The first-order valence-corrected chi connectivity index (χ1v) is 4.31. The first-order valence-electron chi connectivity index (χ1n) is 4.31. The smallest absolute Gasteiger partial charge is 0.237 e. The Bertz CT molecular complexity index is 181. The fourth-order valence-corrected chi connectivity index (χ4v) is 2.67. The van der Waals surface area contributed by atoms with E-state index in [4.69, 9.17) is 5.84 Å². The Morgan fingerprint density at radius 3 is 2.64 bits per heavy atom. The van der Waals surface area contributed by atoms with Crippen molar-refractivity contribution in [2.75, 3.05) is 0 Å². The van der Waals surface area contributed by atoms with Crippen molar-refractivity contribution in [1.29, 1.82) is 0 Å². The Balaban J connectivity index is 2.02. The molecule has 3 atom stereocenters. The number of nitrogens with two attached hydrogens (primary N) is 1. The van der Waals surface area contributed by atoms with Crippen LogP contribution < -0.4 is 11.3 Å². The van der Waals surface area contributed by atoms with Crippen molar-refractivity contribution in [3.05, 3.63) is 0 Å². The summed E-state index contributed by atoms with van der Waals surface area (Å²) in [5.41, 5.74) is 2.25. The zero-order valence-corrected chi connectivity index (χ0v) is 6.55. The van der Waals surface area contributed by atoms with Crippen LogP contribution in [0.5, 0.6) is 0 Å². The molecule has 62 valence electrons. The molecule has 3 unspecified atom stereocenters. The largest absolute Gasteiger partial charge is 0.294 e. The molecule has 2 fully saturated rings. The van der Waals surface area contributed by atoms with Crippen LogP contribution in [0.1, 0.15) is 25.7 Å². The maximum atomic E-state index is 11.2. The van der Waals surface area contributed by atoms with Crippen LogP contribution in [0.3, 0.4) is 0 Å². The number of amides is 1. The number of carbonyl (C=O) groups excluding carboxylic acids is 1. The molecule has 2 bridgehead atoms. The summed E-state index contributed by atoms with van der Waals surface area (Å²) in [7, 11) is 0. The molecule has 0 spiro atoms. The van der Waals surface area contributed by atoms with Gasteiger partial charge in [0.1, 0.15) is 0 Å². The van der Waals surface area contributed by atoms with Crippen LogP contribution in [0.4, 0.5) is 0 Å². The molecule has 0 heterocycles. The number of rotatable bonds is 1. The molecule has 3 N–H and O–H groups in total. The molecule has 1 amide bonds. The molecule has 0 aromatic rings. The lowest BCUT2D eigenvalue weighted by molar-refractivity contribution is -0.126. The van der Waals surface area contributed by atoms with Gasteiger partial charge < -0.3 is 0 Å². The minimum absolute atomic E-state index is 0.0530. The summed E-state index contributed by atoms with van der Waals surface area (Å²) >= 11 is 0. The van der Waals surface area contributed by atoms with Crippen LogP contribution >= 0.6 is 0 Å². The topological polar surface area (TPSA) is 55.1 Å². The van der Waals surface area contributed by atoms with Crippen molar-refractivity contribution in [2.45, 2.75) is 25.7 Å². The predicted molar refractivity (Wildman–Crippen MR) is 41.3 cm³/mol. The van der Waals surface area contributed by atoms with Crippen LogP contribution in [0.15, 0.2) is 0 Å². The zero-order chi connectivity index (χ0) is 7.84.